The molecule has 1 aromatic rings. The van der Waals surface area contributed by atoms with Crippen molar-refractivity contribution in [1.29, 1.82) is 0 Å². The minimum atomic E-state index is -4.55. The number of Topliss-reactive ketones (excluding diaryl/α,β-unsaturated/α-hetero) is 1. The third-order valence-electron chi connectivity index (χ3n) is 1.98. The molecule has 0 amide bonds. The number of alkyl halides is 3. The molecule has 1 rings (SSSR count). The molecule has 0 fully saturated rings. The second-order valence-corrected chi connectivity index (χ2v) is 3.17. The fourth-order valence-electron chi connectivity index (χ4n) is 1.41. The number of ketones is 1. The molecule has 1 aromatic carbocycles. The summed E-state index contributed by atoms with van der Waals surface area (Å²) < 4.78 is 42.9. The molecule has 0 aliphatic rings. The van der Waals surface area contributed by atoms with Crippen molar-refractivity contribution in [2.45, 2.75) is 20.0 Å². The third kappa shape index (κ3) is 2.53. The van der Waals surface area contributed by atoms with Crippen molar-refractivity contribution in [3.05, 3.63) is 29.3 Å². The molecule has 0 bridgehead atoms. The van der Waals surface area contributed by atoms with Crippen LogP contribution in [0.3, 0.4) is 0 Å². The van der Waals surface area contributed by atoms with E-state index in [-0.39, 0.29) is 12.4 Å². The van der Waals surface area contributed by atoms with Gasteiger partial charge < -0.3 is 4.74 Å². The van der Waals surface area contributed by atoms with Crippen molar-refractivity contribution in [3.8, 4) is 5.75 Å². The summed E-state index contributed by atoms with van der Waals surface area (Å²) in [5.41, 5.74) is -1.36. The summed E-state index contributed by atoms with van der Waals surface area (Å²) in [6.45, 7) is 2.94. The van der Waals surface area contributed by atoms with Gasteiger partial charge in [0.1, 0.15) is 5.75 Å². The van der Waals surface area contributed by atoms with E-state index in [1.807, 2.05) is 0 Å². The van der Waals surface area contributed by atoms with E-state index in [1.165, 1.54) is 12.1 Å². The highest BCUT2D eigenvalue weighted by Gasteiger charge is 2.35. The molecule has 88 valence electrons. The number of halogens is 3. The Hall–Kier alpha value is -1.52. The van der Waals surface area contributed by atoms with Gasteiger partial charge >= 0.3 is 6.18 Å². The van der Waals surface area contributed by atoms with Crippen LogP contribution in [0.1, 0.15) is 29.8 Å². The first-order valence-electron chi connectivity index (χ1n) is 4.71. The van der Waals surface area contributed by atoms with E-state index in [0.717, 1.165) is 13.0 Å². The monoisotopic (exact) mass is 232 g/mol. The van der Waals surface area contributed by atoms with Crippen LogP contribution in [0.15, 0.2) is 18.2 Å². The molecule has 0 saturated carbocycles. The van der Waals surface area contributed by atoms with Gasteiger partial charge in [0.25, 0.3) is 0 Å². The minimum Gasteiger partial charge on any atom is -0.493 e. The summed E-state index contributed by atoms with van der Waals surface area (Å²) in [6.07, 6.45) is -4.55. The summed E-state index contributed by atoms with van der Waals surface area (Å²) in [5.74, 6) is -0.679. The quantitative estimate of drug-likeness (QED) is 0.747. The minimum absolute atomic E-state index is 0.0233. The zero-order valence-electron chi connectivity index (χ0n) is 8.89. The predicted octanol–water partition coefficient (Wildman–Crippen LogP) is 3.31. The number of benzene rings is 1. The summed E-state index contributed by atoms with van der Waals surface area (Å²) in [5, 5.41) is 0. The molecule has 0 unspecified atom stereocenters. The molecular weight excluding hydrogens is 221 g/mol. The van der Waals surface area contributed by atoms with Crippen molar-refractivity contribution in [2.24, 2.45) is 0 Å². The Labute approximate surface area is 91.0 Å². The largest absolute Gasteiger partial charge is 0.493 e. The number of carbonyl (C=O) groups excluding carboxylic acids is 1. The smallest absolute Gasteiger partial charge is 0.417 e. The molecule has 0 spiro atoms. The number of carbonyl (C=O) groups is 1. The molecule has 0 atom stereocenters. The molecule has 0 aromatic heterocycles. The van der Waals surface area contributed by atoms with Crippen LogP contribution in [0.4, 0.5) is 13.2 Å². The van der Waals surface area contributed by atoms with E-state index in [4.69, 9.17) is 4.74 Å². The average molecular weight is 232 g/mol. The molecule has 0 N–H and O–H groups in total. The number of hydrogen-bond donors (Lipinski definition) is 0. The summed E-state index contributed by atoms with van der Waals surface area (Å²) in [4.78, 5) is 11.2. The van der Waals surface area contributed by atoms with Crippen molar-refractivity contribution >= 4 is 5.78 Å². The molecule has 0 saturated heterocycles. The fraction of sp³-hybridized carbons (Fsp3) is 0.364. The molecule has 0 aliphatic heterocycles. The van der Waals surface area contributed by atoms with E-state index in [2.05, 4.69) is 0 Å². The maximum atomic E-state index is 12.6. The SMILES string of the molecule is CCOc1cccc(C(F)(F)F)c1C(C)=O. The maximum Gasteiger partial charge on any atom is 0.417 e. The fourth-order valence-corrected chi connectivity index (χ4v) is 1.41. The molecular formula is C11H11F3O2. The van der Waals surface area contributed by atoms with Crippen LogP contribution >= 0.6 is 0 Å². The normalized spacial score (nSPS) is 11.3. The van der Waals surface area contributed by atoms with Crippen LogP contribution in [0.25, 0.3) is 0 Å². The number of hydrogen-bond acceptors (Lipinski definition) is 2. The Morgan fingerprint density at radius 1 is 1.38 bits per heavy atom. The molecule has 0 heterocycles. The topological polar surface area (TPSA) is 26.3 Å². The zero-order chi connectivity index (χ0) is 12.3. The van der Waals surface area contributed by atoms with Gasteiger partial charge in [0.2, 0.25) is 0 Å². The first kappa shape index (κ1) is 12.5. The molecule has 5 heteroatoms. The second-order valence-electron chi connectivity index (χ2n) is 3.17. The van der Waals surface area contributed by atoms with Crippen molar-refractivity contribution in [3.63, 3.8) is 0 Å². The lowest BCUT2D eigenvalue weighted by molar-refractivity contribution is -0.138. The van der Waals surface area contributed by atoms with E-state index in [1.54, 1.807) is 6.92 Å². The van der Waals surface area contributed by atoms with Crippen molar-refractivity contribution in [1.82, 2.24) is 0 Å². The van der Waals surface area contributed by atoms with Gasteiger partial charge in [0.05, 0.1) is 17.7 Å². The van der Waals surface area contributed by atoms with Gasteiger partial charge in [0.15, 0.2) is 5.78 Å². The Morgan fingerprint density at radius 3 is 2.44 bits per heavy atom. The highest BCUT2D eigenvalue weighted by molar-refractivity contribution is 5.98. The lowest BCUT2D eigenvalue weighted by Crippen LogP contribution is -2.13. The van der Waals surface area contributed by atoms with Crippen LogP contribution in [0.2, 0.25) is 0 Å². The Morgan fingerprint density at radius 2 is 2.00 bits per heavy atom. The van der Waals surface area contributed by atoms with E-state index >= 15 is 0 Å². The Balaban J connectivity index is 3.39. The van der Waals surface area contributed by atoms with Crippen molar-refractivity contribution < 1.29 is 22.7 Å². The number of ether oxygens (including phenoxy) is 1. The molecule has 0 aliphatic carbocycles. The van der Waals surface area contributed by atoms with Crippen LogP contribution < -0.4 is 4.74 Å². The predicted molar refractivity (Wildman–Crippen MR) is 52.6 cm³/mol. The third-order valence-corrected chi connectivity index (χ3v) is 1.98. The highest BCUT2D eigenvalue weighted by atomic mass is 19.4. The van der Waals surface area contributed by atoms with Crippen LogP contribution in [-0.4, -0.2) is 12.4 Å². The standard InChI is InChI=1S/C11H11F3O2/c1-3-16-9-6-4-5-8(11(12,13)14)10(9)7(2)15/h4-6H,3H2,1-2H3. The van der Waals surface area contributed by atoms with Crippen LogP contribution in [-0.2, 0) is 6.18 Å². The molecule has 0 radical (unpaired) electrons. The second kappa shape index (κ2) is 4.55. The number of rotatable bonds is 3. The maximum absolute atomic E-state index is 12.6. The lowest BCUT2D eigenvalue weighted by Gasteiger charge is -2.14. The Bertz CT molecular complexity index is 397. The van der Waals surface area contributed by atoms with Gasteiger partial charge in [-0.3, -0.25) is 4.79 Å². The first-order chi connectivity index (χ1) is 7.38. The van der Waals surface area contributed by atoms with Gasteiger partial charge in [-0.15, -0.1) is 0 Å². The highest BCUT2D eigenvalue weighted by Crippen LogP contribution is 2.36. The van der Waals surface area contributed by atoms with E-state index < -0.39 is 23.1 Å². The molecule has 16 heavy (non-hydrogen) atoms. The van der Waals surface area contributed by atoms with E-state index in [9.17, 15) is 18.0 Å². The van der Waals surface area contributed by atoms with Crippen molar-refractivity contribution in [2.75, 3.05) is 6.61 Å². The summed E-state index contributed by atoms with van der Waals surface area (Å²) >= 11 is 0. The average Bonchev–Trinajstić information content (AvgIpc) is 2.16. The van der Waals surface area contributed by atoms with Crippen LogP contribution in [0.5, 0.6) is 5.75 Å². The van der Waals surface area contributed by atoms with Crippen LogP contribution in [0, 0.1) is 0 Å². The zero-order valence-corrected chi connectivity index (χ0v) is 8.89. The summed E-state index contributed by atoms with van der Waals surface area (Å²) in [6, 6.07) is 3.45. The summed E-state index contributed by atoms with van der Waals surface area (Å²) in [7, 11) is 0. The van der Waals surface area contributed by atoms with Gasteiger partial charge in [-0.2, -0.15) is 13.2 Å². The van der Waals surface area contributed by atoms with Gasteiger partial charge in [-0.25, -0.2) is 0 Å². The van der Waals surface area contributed by atoms with Gasteiger partial charge in [-0.05, 0) is 26.0 Å². The Kier molecular flexibility index (Phi) is 3.57. The molecule has 2 nitrogen and oxygen atoms in total. The van der Waals surface area contributed by atoms with Gasteiger partial charge in [0, 0.05) is 0 Å². The van der Waals surface area contributed by atoms with Gasteiger partial charge in [-0.1, -0.05) is 6.07 Å². The first-order valence-corrected chi connectivity index (χ1v) is 4.71. The van der Waals surface area contributed by atoms with E-state index in [0.29, 0.717) is 0 Å². The lowest BCUT2D eigenvalue weighted by atomic mass is 10.0.